The van der Waals surface area contributed by atoms with Gasteiger partial charge in [-0.1, -0.05) is 0 Å². The molecule has 1 aliphatic heterocycles. The lowest BCUT2D eigenvalue weighted by molar-refractivity contribution is -0.0772. The second kappa shape index (κ2) is 7.42. The number of nitrogens with one attached hydrogen (secondary N) is 1. The van der Waals surface area contributed by atoms with Crippen molar-refractivity contribution in [2.45, 2.75) is 58.8 Å². The topological polar surface area (TPSA) is 49.8 Å². The van der Waals surface area contributed by atoms with Gasteiger partial charge >= 0.3 is 0 Å². The summed E-state index contributed by atoms with van der Waals surface area (Å²) in [5.74, 6) is 0.972. The van der Waals surface area contributed by atoms with Crippen LogP contribution in [-0.4, -0.2) is 47.7 Å². The molecule has 1 saturated heterocycles. The third-order valence-electron chi connectivity index (χ3n) is 3.56. The first-order valence-corrected chi connectivity index (χ1v) is 8.74. The quantitative estimate of drug-likeness (QED) is 0.686. The molecule has 0 radical (unpaired) electrons. The van der Waals surface area contributed by atoms with Crippen molar-refractivity contribution in [1.82, 2.24) is 15.2 Å². The fraction of sp³-hybridized carbons (Fsp3) is 0.750. The van der Waals surface area contributed by atoms with Gasteiger partial charge in [0.05, 0.1) is 23.3 Å². The standard InChI is InChI=1S/C16H28N4OS/c1-12-18-10-14(22-12)11-19-15(17-5)20-8-6-13(7-9-20)21-16(2,3)4/h10,13H,6-9,11H2,1-5H3,(H,17,19). The molecular formula is C16H28N4OS. The van der Waals surface area contributed by atoms with E-state index in [9.17, 15) is 0 Å². The van der Waals surface area contributed by atoms with Gasteiger partial charge in [-0.25, -0.2) is 4.98 Å². The summed E-state index contributed by atoms with van der Waals surface area (Å²) < 4.78 is 6.08. The van der Waals surface area contributed by atoms with Crippen molar-refractivity contribution in [1.29, 1.82) is 0 Å². The zero-order valence-electron chi connectivity index (χ0n) is 14.3. The highest BCUT2D eigenvalue weighted by Gasteiger charge is 2.25. The minimum absolute atomic E-state index is 0.0587. The number of hydrogen-bond acceptors (Lipinski definition) is 4. The first-order valence-electron chi connectivity index (χ1n) is 7.92. The van der Waals surface area contributed by atoms with Crippen LogP contribution in [0.5, 0.6) is 0 Å². The van der Waals surface area contributed by atoms with Gasteiger partial charge in [0.1, 0.15) is 0 Å². The molecule has 6 heteroatoms. The second-order valence-electron chi connectivity index (χ2n) is 6.66. The molecule has 0 aliphatic carbocycles. The Morgan fingerprint density at radius 2 is 2.14 bits per heavy atom. The minimum atomic E-state index is -0.0587. The average Bonchev–Trinajstić information content (AvgIpc) is 2.85. The van der Waals surface area contributed by atoms with E-state index in [2.05, 4.69) is 41.0 Å². The van der Waals surface area contributed by atoms with Gasteiger partial charge in [0.15, 0.2) is 5.96 Å². The molecule has 0 atom stereocenters. The van der Waals surface area contributed by atoms with E-state index in [1.54, 1.807) is 11.3 Å². The van der Waals surface area contributed by atoms with Gasteiger partial charge in [-0.3, -0.25) is 4.99 Å². The highest BCUT2D eigenvalue weighted by atomic mass is 32.1. The van der Waals surface area contributed by atoms with E-state index in [1.807, 2.05) is 20.2 Å². The van der Waals surface area contributed by atoms with Crippen LogP contribution in [0.4, 0.5) is 0 Å². The maximum atomic E-state index is 6.08. The van der Waals surface area contributed by atoms with Crippen LogP contribution < -0.4 is 5.32 Å². The Hall–Kier alpha value is -1.14. The molecule has 1 aromatic rings. The highest BCUT2D eigenvalue weighted by molar-refractivity contribution is 7.11. The predicted octanol–water partition coefficient (Wildman–Crippen LogP) is 2.81. The SMILES string of the molecule is CN=C(NCc1cnc(C)s1)N1CCC(OC(C)(C)C)CC1. The third kappa shape index (κ3) is 5.25. The minimum Gasteiger partial charge on any atom is -0.372 e. The number of piperidine rings is 1. The van der Waals surface area contributed by atoms with Crippen LogP contribution in [0.1, 0.15) is 43.5 Å². The summed E-state index contributed by atoms with van der Waals surface area (Å²) in [6, 6.07) is 0. The van der Waals surface area contributed by atoms with E-state index < -0.39 is 0 Å². The van der Waals surface area contributed by atoms with Crippen LogP contribution in [0, 0.1) is 6.92 Å². The van der Waals surface area contributed by atoms with Gasteiger partial charge in [0, 0.05) is 31.2 Å². The number of thiazole rings is 1. The predicted molar refractivity (Wildman–Crippen MR) is 92.5 cm³/mol. The second-order valence-corrected chi connectivity index (χ2v) is 7.98. The van der Waals surface area contributed by atoms with E-state index in [0.29, 0.717) is 6.10 Å². The van der Waals surface area contributed by atoms with Crippen LogP contribution in [0.3, 0.4) is 0 Å². The molecule has 0 amide bonds. The summed E-state index contributed by atoms with van der Waals surface area (Å²) in [7, 11) is 1.85. The Morgan fingerprint density at radius 1 is 1.45 bits per heavy atom. The number of likely N-dealkylation sites (tertiary alicyclic amines) is 1. The lowest BCUT2D eigenvalue weighted by Gasteiger charge is -2.36. The molecular weight excluding hydrogens is 296 g/mol. The van der Waals surface area contributed by atoms with Crippen LogP contribution in [-0.2, 0) is 11.3 Å². The van der Waals surface area contributed by atoms with Crippen molar-refractivity contribution in [2.75, 3.05) is 20.1 Å². The number of ether oxygens (including phenoxy) is 1. The first-order chi connectivity index (χ1) is 10.4. The number of rotatable bonds is 3. The average molecular weight is 324 g/mol. The van der Waals surface area contributed by atoms with E-state index >= 15 is 0 Å². The van der Waals surface area contributed by atoms with Gasteiger partial charge in [0.25, 0.3) is 0 Å². The van der Waals surface area contributed by atoms with Crippen molar-refractivity contribution in [2.24, 2.45) is 4.99 Å². The maximum Gasteiger partial charge on any atom is 0.193 e. The molecule has 0 spiro atoms. The van der Waals surface area contributed by atoms with Crippen molar-refractivity contribution < 1.29 is 4.74 Å². The molecule has 0 bridgehead atoms. The smallest absolute Gasteiger partial charge is 0.193 e. The maximum absolute atomic E-state index is 6.08. The Labute approximate surface area is 137 Å². The van der Waals surface area contributed by atoms with Crippen molar-refractivity contribution >= 4 is 17.3 Å². The van der Waals surface area contributed by atoms with Crippen LogP contribution in [0.15, 0.2) is 11.2 Å². The Morgan fingerprint density at radius 3 is 2.64 bits per heavy atom. The highest BCUT2D eigenvalue weighted by Crippen LogP contribution is 2.20. The van der Waals surface area contributed by atoms with Crippen LogP contribution in [0.2, 0.25) is 0 Å². The largest absolute Gasteiger partial charge is 0.372 e. The molecule has 1 aliphatic rings. The lowest BCUT2D eigenvalue weighted by atomic mass is 10.1. The molecule has 1 aromatic heterocycles. The first kappa shape index (κ1) is 17.2. The number of aryl methyl sites for hydroxylation is 1. The fourth-order valence-corrected chi connectivity index (χ4v) is 3.41. The van der Waals surface area contributed by atoms with Crippen molar-refractivity contribution in [3.8, 4) is 0 Å². The van der Waals surface area contributed by atoms with Gasteiger partial charge in [0.2, 0.25) is 0 Å². The zero-order chi connectivity index (χ0) is 16.2. The summed E-state index contributed by atoms with van der Waals surface area (Å²) >= 11 is 1.73. The van der Waals surface area contributed by atoms with Crippen LogP contribution >= 0.6 is 11.3 Å². The Balaban J connectivity index is 1.81. The van der Waals surface area contributed by atoms with E-state index in [-0.39, 0.29) is 5.60 Å². The zero-order valence-corrected chi connectivity index (χ0v) is 15.2. The summed E-state index contributed by atoms with van der Waals surface area (Å²) in [5, 5.41) is 4.54. The lowest BCUT2D eigenvalue weighted by Crippen LogP contribution is -2.47. The number of guanidine groups is 1. The van der Waals surface area contributed by atoms with Gasteiger partial charge < -0.3 is 15.0 Å². The summed E-state index contributed by atoms with van der Waals surface area (Å²) in [5.41, 5.74) is -0.0587. The van der Waals surface area contributed by atoms with E-state index in [1.165, 1.54) is 4.88 Å². The molecule has 124 valence electrons. The Kier molecular flexibility index (Phi) is 5.81. The monoisotopic (exact) mass is 324 g/mol. The number of nitrogens with zero attached hydrogens (tertiary/aromatic N) is 3. The molecule has 0 saturated carbocycles. The third-order valence-corrected chi connectivity index (χ3v) is 4.48. The molecule has 5 nitrogen and oxygen atoms in total. The molecule has 0 unspecified atom stereocenters. The van der Waals surface area contributed by atoms with E-state index in [4.69, 9.17) is 4.74 Å². The number of aromatic nitrogens is 1. The van der Waals surface area contributed by atoms with Gasteiger partial charge in [-0.15, -0.1) is 11.3 Å². The molecule has 1 N–H and O–H groups in total. The Bertz CT molecular complexity index is 498. The van der Waals surface area contributed by atoms with Crippen LogP contribution in [0.25, 0.3) is 0 Å². The summed E-state index contributed by atoms with van der Waals surface area (Å²) in [4.78, 5) is 12.2. The van der Waals surface area contributed by atoms with Gasteiger partial charge in [-0.2, -0.15) is 0 Å². The normalized spacial score (nSPS) is 17.9. The molecule has 0 aromatic carbocycles. The van der Waals surface area contributed by atoms with E-state index in [0.717, 1.165) is 43.4 Å². The summed E-state index contributed by atoms with van der Waals surface area (Å²) in [6.07, 6.45) is 4.40. The van der Waals surface area contributed by atoms with Gasteiger partial charge in [-0.05, 0) is 40.5 Å². The molecule has 2 heterocycles. The molecule has 2 rings (SSSR count). The summed E-state index contributed by atoms with van der Waals surface area (Å²) in [6.45, 7) is 11.2. The molecule has 22 heavy (non-hydrogen) atoms. The molecule has 1 fully saturated rings. The van der Waals surface area contributed by atoms with Crippen molar-refractivity contribution in [3.63, 3.8) is 0 Å². The number of hydrogen-bond donors (Lipinski definition) is 1. The number of aliphatic imine (C=N–C) groups is 1. The van der Waals surface area contributed by atoms with Crippen molar-refractivity contribution in [3.05, 3.63) is 16.1 Å². The fourth-order valence-electron chi connectivity index (χ4n) is 2.67.